The van der Waals surface area contributed by atoms with Crippen LogP contribution in [0.25, 0.3) is 0 Å². The Morgan fingerprint density at radius 3 is 0.819 bits per heavy atom. The van der Waals surface area contributed by atoms with E-state index in [1.165, 1.54) is 122 Å². The van der Waals surface area contributed by atoms with E-state index >= 15 is 0 Å². The van der Waals surface area contributed by atoms with E-state index in [1.54, 1.807) is 0 Å². The molecule has 492 valence electrons. The van der Waals surface area contributed by atoms with E-state index in [4.69, 9.17) is 37.0 Å². The van der Waals surface area contributed by atoms with Gasteiger partial charge in [-0.05, 0) is 43.4 Å². The molecule has 3 N–H and O–H groups in total. The van der Waals surface area contributed by atoms with Gasteiger partial charge in [0.25, 0.3) is 0 Å². The fourth-order valence-electron chi connectivity index (χ4n) is 9.48. The maximum atomic E-state index is 13.0. The third-order valence-corrected chi connectivity index (χ3v) is 16.5. The van der Waals surface area contributed by atoms with Gasteiger partial charge >= 0.3 is 39.5 Å². The summed E-state index contributed by atoms with van der Waals surface area (Å²) in [4.78, 5) is 72.2. The summed E-state index contributed by atoms with van der Waals surface area (Å²) in [6.07, 6.45) is 36.3. The lowest BCUT2D eigenvalue weighted by molar-refractivity contribution is -0.161. The maximum Gasteiger partial charge on any atom is 0.472 e. The molecule has 0 aromatic heterocycles. The molecule has 0 aromatic carbocycles. The number of ether oxygens (including phenoxy) is 4. The molecule has 0 radical (unpaired) electrons. The van der Waals surface area contributed by atoms with E-state index < -0.39 is 97.5 Å². The van der Waals surface area contributed by atoms with Crippen molar-refractivity contribution in [3.8, 4) is 0 Å². The summed E-state index contributed by atoms with van der Waals surface area (Å²) in [5.74, 6) is 0.0427. The molecule has 0 aliphatic rings. The Hall–Kier alpha value is -1.94. The highest BCUT2D eigenvalue weighted by Gasteiger charge is 2.30. The number of aliphatic hydroxyl groups excluding tert-OH is 1. The molecule has 19 heteroatoms. The van der Waals surface area contributed by atoms with Gasteiger partial charge in [0.15, 0.2) is 12.2 Å². The standard InChI is InChI=1S/C64H124O17P2/c1-8-9-10-11-12-14-24-31-38-45-61(66)74-51-60(81-64(69)48-41-34-27-20-18-23-30-37-44-57(6)7)54-79-83(72,73)77-50-58(65)49-76-82(70,71)78-53-59(52-75-62(67)46-39-32-25-19-17-22-29-36-43-56(4)5)80-63(68)47-40-33-26-16-13-15-21-28-35-42-55(2)3/h55-60,65H,8-54H2,1-7H3,(H,70,71)(H,72,73)/t58-,59-,60-/m1/s1. The van der Waals surface area contributed by atoms with Crippen molar-refractivity contribution in [3.05, 3.63) is 0 Å². The van der Waals surface area contributed by atoms with Gasteiger partial charge in [0.1, 0.15) is 19.3 Å². The molecule has 2 unspecified atom stereocenters. The number of rotatable bonds is 62. The number of carbonyl (C=O) groups excluding carboxylic acids is 4. The first-order valence-electron chi connectivity index (χ1n) is 33.3. The number of unbranched alkanes of at least 4 members (excludes halogenated alkanes) is 30. The van der Waals surface area contributed by atoms with E-state index in [2.05, 4.69) is 48.5 Å². The minimum absolute atomic E-state index is 0.104. The molecule has 0 aliphatic carbocycles. The summed E-state index contributed by atoms with van der Waals surface area (Å²) in [7, 11) is -9.89. The van der Waals surface area contributed by atoms with Crippen molar-refractivity contribution in [2.75, 3.05) is 39.6 Å². The molecule has 0 saturated heterocycles. The summed E-state index contributed by atoms with van der Waals surface area (Å²) in [6.45, 7) is 11.7. The fourth-order valence-corrected chi connectivity index (χ4v) is 11.1. The molecule has 0 aromatic rings. The third-order valence-electron chi connectivity index (χ3n) is 14.6. The number of aliphatic hydroxyl groups is 1. The number of hydrogen-bond acceptors (Lipinski definition) is 15. The van der Waals surface area contributed by atoms with Gasteiger partial charge in [-0.1, -0.05) is 260 Å². The van der Waals surface area contributed by atoms with Crippen molar-refractivity contribution in [1.82, 2.24) is 0 Å². The van der Waals surface area contributed by atoms with Crippen molar-refractivity contribution in [2.45, 2.75) is 330 Å². The largest absolute Gasteiger partial charge is 0.472 e. The first-order chi connectivity index (χ1) is 39.7. The van der Waals surface area contributed by atoms with Gasteiger partial charge in [-0.3, -0.25) is 37.3 Å². The zero-order chi connectivity index (χ0) is 61.7. The van der Waals surface area contributed by atoms with Crippen LogP contribution in [0.5, 0.6) is 0 Å². The van der Waals surface area contributed by atoms with Crippen LogP contribution in [0.15, 0.2) is 0 Å². The predicted octanol–water partition coefficient (Wildman–Crippen LogP) is 17.5. The van der Waals surface area contributed by atoms with Crippen molar-refractivity contribution < 1.29 is 80.2 Å². The summed E-state index contributed by atoms with van der Waals surface area (Å²) in [5.41, 5.74) is 0. The molecule has 17 nitrogen and oxygen atoms in total. The normalized spacial score (nSPS) is 14.4. The fraction of sp³-hybridized carbons (Fsp3) is 0.938. The topological polar surface area (TPSA) is 237 Å². The van der Waals surface area contributed by atoms with E-state index in [0.717, 1.165) is 108 Å². The quantitative estimate of drug-likeness (QED) is 0.0222. The van der Waals surface area contributed by atoms with Gasteiger partial charge in [-0.15, -0.1) is 0 Å². The second-order valence-electron chi connectivity index (χ2n) is 24.6. The van der Waals surface area contributed by atoms with Crippen LogP contribution in [0.3, 0.4) is 0 Å². The van der Waals surface area contributed by atoms with Gasteiger partial charge in [0.05, 0.1) is 26.4 Å². The number of phosphoric ester groups is 2. The van der Waals surface area contributed by atoms with Crippen LogP contribution in [0, 0.1) is 17.8 Å². The van der Waals surface area contributed by atoms with Gasteiger partial charge in [0.2, 0.25) is 0 Å². The van der Waals surface area contributed by atoms with Crippen LogP contribution < -0.4 is 0 Å². The van der Waals surface area contributed by atoms with E-state index in [0.29, 0.717) is 25.7 Å². The minimum Gasteiger partial charge on any atom is -0.462 e. The molecule has 0 rings (SSSR count). The first kappa shape index (κ1) is 81.1. The first-order valence-corrected chi connectivity index (χ1v) is 36.3. The summed E-state index contributed by atoms with van der Waals surface area (Å²) < 4.78 is 68.0. The zero-order valence-corrected chi connectivity index (χ0v) is 55.4. The molecule has 0 heterocycles. The molecule has 0 spiro atoms. The number of phosphoric acid groups is 2. The number of hydrogen-bond donors (Lipinski definition) is 3. The summed E-state index contributed by atoms with van der Waals surface area (Å²) in [6, 6.07) is 0. The molecule has 0 amide bonds. The smallest absolute Gasteiger partial charge is 0.462 e. The predicted molar refractivity (Wildman–Crippen MR) is 331 cm³/mol. The molecule has 0 bridgehead atoms. The van der Waals surface area contributed by atoms with Gasteiger partial charge < -0.3 is 33.8 Å². The van der Waals surface area contributed by atoms with E-state index in [9.17, 15) is 43.2 Å². The minimum atomic E-state index is -4.94. The van der Waals surface area contributed by atoms with E-state index in [-0.39, 0.29) is 25.7 Å². The monoisotopic (exact) mass is 1230 g/mol. The number of carbonyl (C=O) groups is 4. The molecular formula is C64H124O17P2. The van der Waals surface area contributed by atoms with Crippen LogP contribution in [-0.4, -0.2) is 96.7 Å². The Balaban J connectivity index is 5.25. The molecule has 0 aliphatic heterocycles. The van der Waals surface area contributed by atoms with Crippen molar-refractivity contribution >= 4 is 39.5 Å². The number of esters is 4. The Bertz CT molecular complexity index is 1650. The van der Waals surface area contributed by atoms with Gasteiger partial charge in [-0.2, -0.15) is 0 Å². The van der Waals surface area contributed by atoms with Crippen LogP contribution >= 0.6 is 15.6 Å². The van der Waals surface area contributed by atoms with Crippen LogP contribution in [0.4, 0.5) is 0 Å². The molecule has 5 atom stereocenters. The van der Waals surface area contributed by atoms with Crippen molar-refractivity contribution in [1.29, 1.82) is 0 Å². The summed E-state index contributed by atoms with van der Waals surface area (Å²) >= 11 is 0. The molecule has 0 fully saturated rings. The van der Waals surface area contributed by atoms with Gasteiger partial charge in [-0.25, -0.2) is 9.13 Å². The molecule has 83 heavy (non-hydrogen) atoms. The average Bonchev–Trinajstić information content (AvgIpc) is 3.43. The second kappa shape index (κ2) is 55.4. The Morgan fingerprint density at radius 2 is 0.554 bits per heavy atom. The SMILES string of the molecule is CCCCCCCCCCCC(=O)OC[C@H](COP(=O)(O)OC[C@H](O)COP(=O)(O)OC[C@@H](COC(=O)CCCCCCCCCCC(C)C)OC(=O)CCCCCCCCCCCC(C)C)OC(=O)CCCCCCCCCCC(C)C. The molecule has 0 saturated carbocycles. The lowest BCUT2D eigenvalue weighted by atomic mass is 10.0. The Kier molecular flexibility index (Phi) is 54.1. The van der Waals surface area contributed by atoms with E-state index in [1.807, 2.05) is 0 Å². The maximum absolute atomic E-state index is 13.0. The average molecular weight is 1230 g/mol. The van der Waals surface area contributed by atoms with Crippen LogP contribution in [0.1, 0.15) is 312 Å². The third kappa shape index (κ3) is 58.8. The van der Waals surface area contributed by atoms with Crippen molar-refractivity contribution in [2.24, 2.45) is 17.8 Å². The zero-order valence-electron chi connectivity index (χ0n) is 53.6. The highest BCUT2D eigenvalue weighted by Crippen LogP contribution is 2.45. The Morgan fingerprint density at radius 1 is 0.325 bits per heavy atom. The highest BCUT2D eigenvalue weighted by atomic mass is 31.2. The lowest BCUT2D eigenvalue weighted by Crippen LogP contribution is -2.30. The molecular weight excluding hydrogens is 1100 g/mol. The van der Waals surface area contributed by atoms with Crippen molar-refractivity contribution in [3.63, 3.8) is 0 Å². The van der Waals surface area contributed by atoms with Crippen LogP contribution in [-0.2, 0) is 65.4 Å². The highest BCUT2D eigenvalue weighted by molar-refractivity contribution is 7.47. The second-order valence-corrected chi connectivity index (χ2v) is 27.5. The summed E-state index contributed by atoms with van der Waals surface area (Å²) in [5, 5.41) is 10.5. The Labute approximate surface area is 505 Å². The van der Waals surface area contributed by atoms with Crippen LogP contribution in [0.2, 0.25) is 0 Å². The lowest BCUT2D eigenvalue weighted by Gasteiger charge is -2.21. The van der Waals surface area contributed by atoms with Gasteiger partial charge in [0, 0.05) is 25.7 Å².